The van der Waals surface area contributed by atoms with E-state index in [-0.39, 0.29) is 6.15 Å². The molecule has 28 heavy (non-hydrogen) atoms. The Morgan fingerprint density at radius 1 is 0.964 bits per heavy atom. The highest BCUT2D eigenvalue weighted by Gasteiger charge is 2.24. The van der Waals surface area contributed by atoms with E-state index in [9.17, 15) is 18.0 Å². The molecule has 0 aliphatic heterocycles. The molecule has 2 aliphatic carbocycles. The normalized spacial score (nSPS) is 19.0. The summed E-state index contributed by atoms with van der Waals surface area (Å²) in [5.74, 6) is -0.452. The summed E-state index contributed by atoms with van der Waals surface area (Å²) in [4.78, 5) is 25.6. The molecule has 0 saturated heterocycles. The summed E-state index contributed by atoms with van der Waals surface area (Å²) in [6, 6.07) is 0. The summed E-state index contributed by atoms with van der Waals surface area (Å²) >= 11 is 0. The van der Waals surface area contributed by atoms with E-state index in [1.54, 1.807) is 25.7 Å². The van der Waals surface area contributed by atoms with Crippen LogP contribution < -0.4 is 6.15 Å². The largest absolute Gasteiger partial charge is 0.476 e. The van der Waals surface area contributed by atoms with Crippen molar-refractivity contribution in [2.75, 3.05) is 20.0 Å². The molecule has 0 atom stereocenters. The topological polar surface area (TPSA) is 154 Å². The van der Waals surface area contributed by atoms with Gasteiger partial charge in [-0.05, 0) is 11.8 Å². The van der Waals surface area contributed by atoms with E-state index in [4.69, 9.17) is 5.11 Å². The molecule has 2 rings (SSSR count). The molecule has 0 heterocycles. The average molecular weight is 423 g/mol. The molecule has 0 aromatic heterocycles. The van der Waals surface area contributed by atoms with Gasteiger partial charge in [0.25, 0.3) is 10.1 Å². The fourth-order valence-electron chi connectivity index (χ4n) is 3.74. The molecule has 164 valence electrons. The summed E-state index contributed by atoms with van der Waals surface area (Å²) in [6.07, 6.45) is 16.1. The van der Waals surface area contributed by atoms with E-state index >= 15 is 0 Å². The average Bonchev–Trinajstić information content (AvgIpc) is 2.65. The van der Waals surface area contributed by atoms with Gasteiger partial charge in [-0.2, -0.15) is 8.42 Å². The van der Waals surface area contributed by atoms with Crippen molar-refractivity contribution in [3.63, 3.8) is 0 Å². The molecule has 0 bridgehead atoms. The lowest BCUT2D eigenvalue weighted by atomic mass is 9.73. The van der Waals surface area contributed by atoms with Crippen LogP contribution in [0.1, 0.15) is 64.2 Å². The summed E-state index contributed by atoms with van der Waals surface area (Å²) in [7, 11) is -2.75. The number of carbonyl (C=O) groups is 2. The maximum atomic E-state index is 11.0. The van der Waals surface area contributed by atoms with Crippen LogP contribution in [0.4, 0.5) is 0 Å². The third-order valence-corrected chi connectivity index (χ3v) is 5.57. The van der Waals surface area contributed by atoms with E-state index in [1.165, 1.54) is 38.5 Å². The lowest BCUT2D eigenvalue weighted by Gasteiger charge is -2.32. The third kappa shape index (κ3) is 10.7. The van der Waals surface area contributed by atoms with Gasteiger partial charge in [0.1, 0.15) is 13.7 Å². The predicted molar refractivity (Wildman–Crippen MR) is 106 cm³/mol. The molecule has 2 fully saturated rings. The van der Waals surface area contributed by atoms with Gasteiger partial charge in [-0.1, -0.05) is 69.4 Å². The lowest BCUT2D eigenvalue weighted by Crippen LogP contribution is -2.28. The Kier molecular flexibility index (Phi) is 12.9. The SMILES string of the molecule is C1CCC(C2CCCCC2)CC1.CO/N=C(\C(=O)O)C(=O)COS(C)(=O)=O.N. The molecule has 0 aromatic rings. The third-order valence-electron chi connectivity index (χ3n) is 5.02. The van der Waals surface area contributed by atoms with Crippen molar-refractivity contribution in [3.8, 4) is 0 Å². The Morgan fingerprint density at radius 3 is 1.71 bits per heavy atom. The van der Waals surface area contributed by atoms with Crippen molar-refractivity contribution in [1.82, 2.24) is 6.15 Å². The minimum atomic E-state index is -3.80. The molecule has 0 unspecified atom stereocenters. The highest BCUT2D eigenvalue weighted by atomic mass is 32.2. The molecule has 4 N–H and O–H groups in total. The fraction of sp³-hybridized carbons (Fsp3) is 0.833. The standard InChI is InChI=1S/C12H22.C6H9NO7S.H3N/c1-3-7-11(8-4-1)12-9-5-2-6-10-12;1-13-7-5(6(9)10)4(8)3-14-15(2,11)12;/h11-12H,1-10H2;3H2,1-2H3,(H,9,10);1H3/b;7-5-;. The highest BCUT2D eigenvalue weighted by Crippen LogP contribution is 2.37. The molecule has 0 amide bonds. The molecule has 0 aromatic carbocycles. The number of aliphatic carboxylic acids is 1. The Morgan fingerprint density at radius 2 is 1.39 bits per heavy atom. The molecule has 9 nitrogen and oxygen atoms in total. The van der Waals surface area contributed by atoms with Crippen molar-refractivity contribution in [3.05, 3.63) is 0 Å². The number of hydrogen-bond donors (Lipinski definition) is 2. The predicted octanol–water partition coefficient (Wildman–Crippen LogP) is 2.93. The van der Waals surface area contributed by atoms with Crippen molar-refractivity contribution in [2.24, 2.45) is 17.0 Å². The maximum absolute atomic E-state index is 11.0. The van der Waals surface area contributed by atoms with E-state index in [1.807, 2.05) is 0 Å². The number of Topliss-reactive ketones (excluding diaryl/α,β-unsaturated/α-hetero) is 1. The zero-order valence-corrected chi connectivity index (χ0v) is 17.7. The van der Waals surface area contributed by atoms with Crippen LogP contribution >= 0.6 is 0 Å². The highest BCUT2D eigenvalue weighted by molar-refractivity contribution is 7.86. The zero-order chi connectivity index (χ0) is 20.3. The number of carbonyl (C=O) groups excluding carboxylic acids is 1. The summed E-state index contributed by atoms with van der Waals surface area (Å²) in [5.41, 5.74) is -0.929. The fourth-order valence-corrected chi connectivity index (χ4v) is 4.06. The van der Waals surface area contributed by atoms with Gasteiger partial charge in [0.05, 0.1) is 6.26 Å². The van der Waals surface area contributed by atoms with E-state index in [0.717, 1.165) is 25.2 Å². The molecule has 2 saturated carbocycles. The van der Waals surface area contributed by atoms with Gasteiger partial charge >= 0.3 is 5.97 Å². The van der Waals surface area contributed by atoms with Crippen LogP contribution in [0.5, 0.6) is 0 Å². The van der Waals surface area contributed by atoms with Crippen LogP contribution in [0, 0.1) is 11.8 Å². The quantitative estimate of drug-likeness (QED) is 0.275. The van der Waals surface area contributed by atoms with Crippen molar-refractivity contribution >= 4 is 27.6 Å². The second-order valence-corrected chi connectivity index (χ2v) is 8.76. The first kappa shape index (κ1) is 26.5. The molecule has 0 spiro atoms. The number of oxime groups is 1. The minimum Gasteiger partial charge on any atom is -0.476 e. The van der Waals surface area contributed by atoms with Gasteiger partial charge in [0.2, 0.25) is 11.5 Å². The van der Waals surface area contributed by atoms with E-state index < -0.39 is 34.2 Å². The molecular weight excluding hydrogens is 388 g/mol. The van der Waals surface area contributed by atoms with Gasteiger partial charge in [0, 0.05) is 0 Å². The number of ketones is 1. The van der Waals surface area contributed by atoms with Crippen LogP contribution in [0.25, 0.3) is 0 Å². The Hall–Kier alpha value is -1.52. The van der Waals surface area contributed by atoms with Gasteiger partial charge < -0.3 is 16.1 Å². The maximum Gasteiger partial charge on any atom is 0.361 e. The van der Waals surface area contributed by atoms with Gasteiger partial charge in [-0.3, -0.25) is 8.98 Å². The van der Waals surface area contributed by atoms with Crippen LogP contribution in [-0.2, 0) is 28.7 Å². The molecular formula is C18H34N2O7S. The first-order valence-corrected chi connectivity index (χ1v) is 11.3. The van der Waals surface area contributed by atoms with E-state index in [0.29, 0.717) is 0 Å². The first-order valence-electron chi connectivity index (χ1n) is 9.46. The second kappa shape index (κ2) is 13.6. The van der Waals surface area contributed by atoms with Crippen LogP contribution in [-0.4, -0.2) is 51.0 Å². The number of carboxylic acids is 1. The monoisotopic (exact) mass is 422 g/mol. The summed E-state index contributed by atoms with van der Waals surface area (Å²) in [6.45, 7) is -0.923. The van der Waals surface area contributed by atoms with Crippen molar-refractivity contribution in [2.45, 2.75) is 64.2 Å². The van der Waals surface area contributed by atoms with Crippen LogP contribution in [0.15, 0.2) is 5.16 Å². The number of rotatable bonds is 7. The van der Waals surface area contributed by atoms with Crippen LogP contribution in [0.3, 0.4) is 0 Å². The van der Waals surface area contributed by atoms with Gasteiger partial charge in [-0.15, -0.1) is 0 Å². The Balaban J connectivity index is 0.000000510. The van der Waals surface area contributed by atoms with E-state index in [2.05, 4.69) is 14.2 Å². The lowest BCUT2D eigenvalue weighted by molar-refractivity contribution is -0.130. The Bertz CT molecular complexity index is 591. The number of hydrogen-bond acceptors (Lipinski definition) is 8. The summed E-state index contributed by atoms with van der Waals surface area (Å²) < 4.78 is 25.1. The van der Waals surface area contributed by atoms with Crippen molar-refractivity contribution < 1.29 is 32.1 Å². The second-order valence-electron chi connectivity index (χ2n) is 7.11. The van der Waals surface area contributed by atoms with Gasteiger partial charge in [0.15, 0.2) is 0 Å². The molecule has 0 radical (unpaired) electrons. The first-order chi connectivity index (χ1) is 12.7. The van der Waals surface area contributed by atoms with Gasteiger partial charge in [-0.25, -0.2) is 4.79 Å². The summed E-state index contributed by atoms with van der Waals surface area (Å²) in [5, 5.41) is 11.4. The number of carboxylic acid groups (broad SMARTS) is 1. The van der Waals surface area contributed by atoms with Crippen molar-refractivity contribution in [1.29, 1.82) is 0 Å². The Labute approximate surface area is 167 Å². The molecule has 10 heteroatoms. The number of nitrogens with zero attached hydrogens (tertiary/aromatic N) is 1. The minimum absolute atomic E-state index is 0. The molecule has 2 aliphatic rings. The van der Waals surface area contributed by atoms with Crippen LogP contribution in [0.2, 0.25) is 0 Å². The smallest absolute Gasteiger partial charge is 0.361 e. The zero-order valence-electron chi connectivity index (χ0n) is 16.9.